The Morgan fingerprint density at radius 2 is 1.75 bits per heavy atom. The molecule has 0 unspecified atom stereocenters. The third-order valence-electron chi connectivity index (χ3n) is 5.58. The third kappa shape index (κ3) is 5.42. The molecule has 0 saturated carbocycles. The molecular weight excluding hydrogens is 530 g/mol. The average molecular weight is 550 g/mol. The van der Waals surface area contributed by atoms with Crippen LogP contribution in [0, 0.1) is 0 Å². The van der Waals surface area contributed by atoms with Crippen LogP contribution in [0.3, 0.4) is 0 Å². The largest absolute Gasteiger partial charge is 0.292 e. The van der Waals surface area contributed by atoms with E-state index in [1.807, 2.05) is 84.9 Å². The summed E-state index contributed by atoms with van der Waals surface area (Å²) in [5, 5.41) is 1.30. The van der Waals surface area contributed by atoms with E-state index in [1.165, 1.54) is 28.4 Å². The Hall–Kier alpha value is -2.91. The number of imidazole rings is 1. The molecule has 1 fully saturated rings. The van der Waals surface area contributed by atoms with E-state index < -0.39 is 0 Å². The van der Waals surface area contributed by atoms with Crippen molar-refractivity contribution >= 4 is 80.6 Å². The number of amides is 1. The summed E-state index contributed by atoms with van der Waals surface area (Å²) in [5.74, 6) is 0.338. The SMILES string of the molecule is O=C1/C(=C\c2ccccc2)SC(=S)N1CCC(=O)n1c(SCc2ccc(Cl)cc2)nc2ccccc21. The lowest BCUT2D eigenvalue weighted by atomic mass is 10.2. The van der Waals surface area contributed by atoms with Crippen LogP contribution in [-0.4, -0.2) is 37.1 Å². The molecule has 180 valence electrons. The summed E-state index contributed by atoms with van der Waals surface area (Å²) in [5.41, 5.74) is 3.51. The lowest BCUT2D eigenvalue weighted by Crippen LogP contribution is -2.31. The Bertz CT molecular complexity index is 1480. The van der Waals surface area contributed by atoms with Gasteiger partial charge in [-0.05, 0) is 41.5 Å². The van der Waals surface area contributed by atoms with Crippen LogP contribution in [0.1, 0.15) is 22.3 Å². The smallest absolute Gasteiger partial charge is 0.266 e. The molecule has 5 nitrogen and oxygen atoms in total. The normalized spacial score (nSPS) is 14.8. The zero-order valence-corrected chi connectivity index (χ0v) is 22.2. The molecule has 0 radical (unpaired) electrons. The van der Waals surface area contributed by atoms with Crippen molar-refractivity contribution in [3.63, 3.8) is 0 Å². The number of halogens is 1. The van der Waals surface area contributed by atoms with Crippen LogP contribution >= 0.6 is 47.3 Å². The van der Waals surface area contributed by atoms with Gasteiger partial charge in [0.2, 0.25) is 5.91 Å². The minimum Gasteiger partial charge on any atom is -0.292 e. The average Bonchev–Trinajstić information content (AvgIpc) is 3.39. The number of carbonyl (C=O) groups is 2. The fraction of sp³-hybridized carbons (Fsp3) is 0.111. The molecule has 0 spiro atoms. The van der Waals surface area contributed by atoms with Crippen molar-refractivity contribution in [1.29, 1.82) is 0 Å². The molecule has 1 aliphatic rings. The Morgan fingerprint density at radius 3 is 2.53 bits per heavy atom. The summed E-state index contributed by atoms with van der Waals surface area (Å²) in [4.78, 5) is 33.2. The van der Waals surface area contributed by atoms with E-state index in [0.29, 0.717) is 25.2 Å². The molecule has 1 amide bonds. The van der Waals surface area contributed by atoms with E-state index in [4.69, 9.17) is 28.8 Å². The molecule has 9 heteroatoms. The van der Waals surface area contributed by atoms with Gasteiger partial charge in [0.1, 0.15) is 4.32 Å². The van der Waals surface area contributed by atoms with Gasteiger partial charge < -0.3 is 0 Å². The molecule has 1 aromatic heterocycles. The summed E-state index contributed by atoms with van der Waals surface area (Å²) in [6, 6.07) is 24.8. The van der Waals surface area contributed by atoms with Crippen LogP contribution in [0.5, 0.6) is 0 Å². The standard InChI is InChI=1S/C27H20ClN3O2S3/c28-20-12-10-19(11-13-20)17-35-26-29-21-8-4-5-9-22(21)31(26)24(32)14-15-30-25(33)23(36-27(30)34)16-18-6-2-1-3-7-18/h1-13,16H,14-15,17H2/b23-16+. The topological polar surface area (TPSA) is 55.2 Å². The van der Waals surface area contributed by atoms with Crippen molar-refractivity contribution in [3.8, 4) is 0 Å². The van der Waals surface area contributed by atoms with E-state index >= 15 is 0 Å². The Kier molecular flexibility index (Phi) is 7.57. The molecule has 5 rings (SSSR count). The zero-order chi connectivity index (χ0) is 25.1. The summed E-state index contributed by atoms with van der Waals surface area (Å²) >= 11 is 14.2. The minimum absolute atomic E-state index is 0.125. The first-order valence-electron chi connectivity index (χ1n) is 11.2. The third-order valence-corrected chi connectivity index (χ3v) is 8.22. The predicted octanol–water partition coefficient (Wildman–Crippen LogP) is 6.91. The van der Waals surface area contributed by atoms with Gasteiger partial charge in [-0.2, -0.15) is 0 Å². The maximum Gasteiger partial charge on any atom is 0.266 e. The number of thioether (sulfide) groups is 2. The zero-order valence-electron chi connectivity index (χ0n) is 19.0. The highest BCUT2D eigenvalue weighted by Crippen LogP contribution is 2.33. The second-order valence-electron chi connectivity index (χ2n) is 8.02. The molecule has 2 heterocycles. The fourth-order valence-corrected chi connectivity index (χ4v) is 6.20. The molecule has 3 aromatic carbocycles. The van der Waals surface area contributed by atoms with Crippen LogP contribution < -0.4 is 0 Å². The second kappa shape index (κ2) is 11.0. The number of fused-ring (bicyclic) bond motifs is 1. The first kappa shape index (κ1) is 24.8. The molecule has 0 bridgehead atoms. The van der Waals surface area contributed by atoms with Crippen molar-refractivity contribution < 1.29 is 9.59 Å². The van der Waals surface area contributed by atoms with Gasteiger partial charge in [-0.3, -0.25) is 19.1 Å². The van der Waals surface area contributed by atoms with Crippen LogP contribution in [0.15, 0.2) is 88.9 Å². The van der Waals surface area contributed by atoms with E-state index in [2.05, 4.69) is 0 Å². The molecule has 0 aliphatic carbocycles. The van der Waals surface area contributed by atoms with Crippen molar-refractivity contribution in [3.05, 3.63) is 99.9 Å². The lowest BCUT2D eigenvalue weighted by molar-refractivity contribution is -0.122. The number of para-hydroxylation sites is 2. The van der Waals surface area contributed by atoms with E-state index in [0.717, 1.165) is 22.2 Å². The number of aromatic nitrogens is 2. The van der Waals surface area contributed by atoms with Crippen molar-refractivity contribution in [2.45, 2.75) is 17.3 Å². The van der Waals surface area contributed by atoms with E-state index in [1.54, 1.807) is 4.57 Å². The van der Waals surface area contributed by atoms with Gasteiger partial charge in [0.05, 0.1) is 15.9 Å². The highest BCUT2D eigenvalue weighted by molar-refractivity contribution is 8.26. The maximum absolute atomic E-state index is 13.4. The monoisotopic (exact) mass is 549 g/mol. The summed E-state index contributed by atoms with van der Waals surface area (Å²) in [6.45, 7) is 0.212. The molecule has 0 atom stereocenters. The van der Waals surface area contributed by atoms with E-state index in [9.17, 15) is 9.59 Å². The number of thiocarbonyl (C=S) groups is 1. The number of nitrogens with zero attached hydrogens (tertiary/aromatic N) is 3. The van der Waals surface area contributed by atoms with Crippen LogP contribution in [0.25, 0.3) is 17.1 Å². The quantitative estimate of drug-likeness (QED) is 0.142. The fourth-order valence-electron chi connectivity index (χ4n) is 3.78. The second-order valence-corrected chi connectivity index (χ2v) is 11.1. The molecule has 1 saturated heterocycles. The van der Waals surface area contributed by atoms with Crippen LogP contribution in [0.4, 0.5) is 0 Å². The van der Waals surface area contributed by atoms with Gasteiger partial charge >= 0.3 is 0 Å². The lowest BCUT2D eigenvalue weighted by Gasteiger charge is -2.15. The van der Waals surface area contributed by atoms with Crippen molar-refractivity contribution in [2.24, 2.45) is 0 Å². The number of hydrogen-bond donors (Lipinski definition) is 0. The summed E-state index contributed by atoms with van der Waals surface area (Å²) in [6.07, 6.45) is 1.95. The van der Waals surface area contributed by atoms with Gasteiger partial charge in [0.25, 0.3) is 5.91 Å². The molecule has 4 aromatic rings. The minimum atomic E-state index is -0.172. The van der Waals surface area contributed by atoms with Gasteiger partial charge in [-0.15, -0.1) is 0 Å². The number of carbonyl (C=O) groups excluding carboxylic acids is 2. The summed E-state index contributed by atoms with van der Waals surface area (Å²) in [7, 11) is 0. The van der Waals surface area contributed by atoms with Crippen LogP contribution in [-0.2, 0) is 10.5 Å². The molecule has 0 N–H and O–H groups in total. The predicted molar refractivity (Wildman–Crippen MR) is 152 cm³/mol. The molecule has 36 heavy (non-hydrogen) atoms. The number of benzene rings is 3. The van der Waals surface area contributed by atoms with Gasteiger partial charge in [0, 0.05) is 23.7 Å². The van der Waals surface area contributed by atoms with Gasteiger partial charge in [-0.1, -0.05) is 102 Å². The first-order chi connectivity index (χ1) is 17.5. The van der Waals surface area contributed by atoms with Gasteiger partial charge in [-0.25, -0.2) is 4.98 Å². The molecular formula is C27H20ClN3O2S3. The Morgan fingerprint density at radius 1 is 1.03 bits per heavy atom. The van der Waals surface area contributed by atoms with E-state index in [-0.39, 0.29) is 24.8 Å². The van der Waals surface area contributed by atoms with Gasteiger partial charge in [0.15, 0.2) is 5.16 Å². The summed E-state index contributed by atoms with van der Waals surface area (Å²) < 4.78 is 2.11. The highest BCUT2D eigenvalue weighted by Gasteiger charge is 2.32. The highest BCUT2D eigenvalue weighted by atomic mass is 35.5. The number of rotatable bonds is 7. The van der Waals surface area contributed by atoms with Crippen LogP contribution in [0.2, 0.25) is 5.02 Å². The Labute approximate surface area is 227 Å². The van der Waals surface area contributed by atoms with Crippen molar-refractivity contribution in [1.82, 2.24) is 14.5 Å². The molecule has 1 aliphatic heterocycles. The van der Waals surface area contributed by atoms with Crippen molar-refractivity contribution in [2.75, 3.05) is 6.54 Å². The maximum atomic E-state index is 13.4. The first-order valence-corrected chi connectivity index (χ1v) is 13.8. The number of hydrogen-bond acceptors (Lipinski definition) is 6. The Balaban J connectivity index is 1.32.